The van der Waals surface area contributed by atoms with Gasteiger partial charge in [-0.15, -0.1) is 0 Å². The van der Waals surface area contributed by atoms with Gasteiger partial charge >= 0.3 is 0 Å². The summed E-state index contributed by atoms with van der Waals surface area (Å²) in [4.78, 5) is 28.9. The van der Waals surface area contributed by atoms with E-state index in [1.54, 1.807) is 24.3 Å². The summed E-state index contributed by atoms with van der Waals surface area (Å²) < 4.78 is 48.2. The molecule has 0 saturated carbocycles. The van der Waals surface area contributed by atoms with Gasteiger partial charge in [0.25, 0.3) is 10.0 Å². The van der Waals surface area contributed by atoms with Crippen molar-refractivity contribution in [2.24, 2.45) is 0 Å². The number of nitrogens with zero attached hydrogens (tertiary/aromatic N) is 2. The van der Waals surface area contributed by atoms with Crippen LogP contribution in [0.5, 0.6) is 5.75 Å². The van der Waals surface area contributed by atoms with Crippen LogP contribution in [0.1, 0.15) is 11.1 Å². The molecular formula is C32H31ClFN3O5S. The minimum atomic E-state index is -4.32. The third-order valence-electron chi connectivity index (χ3n) is 6.80. The molecule has 0 saturated heterocycles. The van der Waals surface area contributed by atoms with Gasteiger partial charge in [0.05, 0.1) is 17.7 Å². The zero-order valence-corrected chi connectivity index (χ0v) is 25.2. The Labute approximate surface area is 255 Å². The summed E-state index contributed by atoms with van der Waals surface area (Å²) in [5.41, 5.74) is 1.39. The van der Waals surface area contributed by atoms with Crippen molar-refractivity contribution in [3.8, 4) is 5.75 Å². The number of carbonyl (C=O) groups excluding carboxylic acids is 2. The number of benzene rings is 4. The van der Waals surface area contributed by atoms with Gasteiger partial charge in [-0.25, -0.2) is 12.8 Å². The quantitative estimate of drug-likeness (QED) is 0.238. The maximum Gasteiger partial charge on any atom is 0.264 e. The predicted molar refractivity (Wildman–Crippen MR) is 164 cm³/mol. The van der Waals surface area contributed by atoms with Crippen LogP contribution in [0, 0.1) is 5.82 Å². The highest BCUT2D eigenvalue weighted by Crippen LogP contribution is 2.35. The number of hydrogen-bond donors (Lipinski definition) is 1. The van der Waals surface area contributed by atoms with Crippen molar-refractivity contribution in [2.75, 3.05) is 25.0 Å². The molecule has 1 atom stereocenters. The minimum absolute atomic E-state index is 0.0495. The number of halogens is 2. The standard InChI is InChI=1S/C32H31ClFN3O5S/c1-35-32(39)29(19-23-9-5-3-6-10-23)36(21-24-13-16-26(34)17-14-24)31(38)22-37(28-20-25(33)15-18-30(28)42-2)43(40,41)27-11-7-4-8-12-27/h3-18,20,29H,19,21-22H2,1-2H3,(H,35,39)/t29-/m1/s1. The third-order valence-corrected chi connectivity index (χ3v) is 8.81. The summed E-state index contributed by atoms with van der Waals surface area (Å²) in [6, 6.07) is 25.8. The second kappa shape index (κ2) is 14.2. The van der Waals surface area contributed by atoms with E-state index in [9.17, 15) is 22.4 Å². The number of amides is 2. The first-order chi connectivity index (χ1) is 20.6. The highest BCUT2D eigenvalue weighted by atomic mass is 35.5. The molecule has 224 valence electrons. The first kappa shape index (κ1) is 31.5. The normalized spacial score (nSPS) is 11.8. The zero-order chi connectivity index (χ0) is 31.0. The molecule has 0 aliphatic carbocycles. The Balaban J connectivity index is 1.82. The van der Waals surface area contributed by atoms with E-state index in [-0.39, 0.29) is 34.3 Å². The number of anilines is 1. The Morgan fingerprint density at radius 3 is 2.14 bits per heavy atom. The molecular weight excluding hydrogens is 593 g/mol. The molecule has 0 heterocycles. The highest BCUT2D eigenvalue weighted by Gasteiger charge is 2.35. The molecule has 4 aromatic rings. The minimum Gasteiger partial charge on any atom is -0.495 e. The lowest BCUT2D eigenvalue weighted by Gasteiger charge is -2.34. The summed E-state index contributed by atoms with van der Waals surface area (Å²) in [5, 5.41) is 2.85. The van der Waals surface area contributed by atoms with Crippen LogP contribution >= 0.6 is 11.6 Å². The van der Waals surface area contributed by atoms with Crippen LogP contribution in [0.4, 0.5) is 10.1 Å². The summed E-state index contributed by atoms with van der Waals surface area (Å²) in [6.45, 7) is -0.770. The lowest BCUT2D eigenvalue weighted by atomic mass is 10.0. The van der Waals surface area contributed by atoms with Crippen molar-refractivity contribution in [3.05, 3.63) is 125 Å². The third kappa shape index (κ3) is 7.71. The predicted octanol–water partition coefficient (Wildman–Crippen LogP) is 5.07. The molecule has 4 rings (SSSR count). The van der Waals surface area contributed by atoms with Crippen LogP contribution in [-0.4, -0.2) is 51.9 Å². The van der Waals surface area contributed by atoms with E-state index in [4.69, 9.17) is 16.3 Å². The maximum atomic E-state index is 14.3. The van der Waals surface area contributed by atoms with E-state index in [0.717, 1.165) is 9.87 Å². The average Bonchev–Trinajstić information content (AvgIpc) is 3.02. The molecule has 2 amide bonds. The van der Waals surface area contributed by atoms with E-state index in [1.807, 2.05) is 30.3 Å². The molecule has 1 N–H and O–H groups in total. The van der Waals surface area contributed by atoms with E-state index >= 15 is 0 Å². The SMILES string of the molecule is CNC(=O)[C@@H](Cc1ccccc1)N(Cc1ccc(F)cc1)C(=O)CN(c1cc(Cl)ccc1OC)S(=O)(=O)c1ccccc1. The molecule has 0 aromatic heterocycles. The molecule has 4 aromatic carbocycles. The lowest BCUT2D eigenvalue weighted by Crippen LogP contribution is -2.53. The van der Waals surface area contributed by atoms with Crippen molar-refractivity contribution in [1.82, 2.24) is 10.2 Å². The summed E-state index contributed by atoms with van der Waals surface area (Å²) in [7, 11) is -1.48. The number of nitrogens with one attached hydrogen (secondary N) is 1. The van der Waals surface area contributed by atoms with Crippen molar-refractivity contribution >= 4 is 39.1 Å². The van der Waals surface area contributed by atoms with Gasteiger partial charge < -0.3 is 15.0 Å². The molecule has 8 nitrogen and oxygen atoms in total. The fraction of sp³-hybridized carbons (Fsp3) is 0.188. The zero-order valence-electron chi connectivity index (χ0n) is 23.6. The van der Waals surface area contributed by atoms with Crippen LogP contribution in [0.3, 0.4) is 0 Å². The van der Waals surface area contributed by atoms with Gasteiger partial charge in [-0.05, 0) is 53.6 Å². The monoisotopic (exact) mass is 623 g/mol. The van der Waals surface area contributed by atoms with Gasteiger partial charge in [0.1, 0.15) is 24.2 Å². The number of carbonyl (C=O) groups is 2. The Morgan fingerprint density at radius 2 is 1.53 bits per heavy atom. The van der Waals surface area contributed by atoms with E-state index in [1.165, 1.54) is 67.6 Å². The topological polar surface area (TPSA) is 96.0 Å². The van der Waals surface area contributed by atoms with E-state index in [0.29, 0.717) is 5.56 Å². The second-order valence-electron chi connectivity index (χ2n) is 9.61. The Bertz CT molecular complexity index is 1660. The van der Waals surface area contributed by atoms with Gasteiger partial charge in [0, 0.05) is 25.0 Å². The smallest absolute Gasteiger partial charge is 0.264 e. The fourth-order valence-corrected chi connectivity index (χ4v) is 6.20. The number of likely N-dealkylation sites (N-methyl/N-ethyl adjacent to an activating group) is 1. The summed E-state index contributed by atoms with van der Waals surface area (Å²) >= 11 is 6.28. The molecule has 0 fully saturated rings. The molecule has 0 bridgehead atoms. The average molecular weight is 624 g/mol. The molecule has 11 heteroatoms. The van der Waals surface area contributed by atoms with Crippen molar-refractivity contribution in [2.45, 2.75) is 23.9 Å². The summed E-state index contributed by atoms with van der Waals surface area (Å²) in [5.74, 6) is -1.40. The van der Waals surface area contributed by atoms with Gasteiger partial charge in [0.15, 0.2) is 0 Å². The number of sulfonamides is 1. The highest BCUT2D eigenvalue weighted by molar-refractivity contribution is 7.92. The second-order valence-corrected chi connectivity index (χ2v) is 11.9. The Morgan fingerprint density at radius 1 is 0.907 bits per heavy atom. The lowest BCUT2D eigenvalue weighted by molar-refractivity contribution is -0.139. The summed E-state index contributed by atoms with van der Waals surface area (Å²) in [6.07, 6.45) is 0.152. The number of ether oxygens (including phenoxy) is 1. The maximum absolute atomic E-state index is 14.3. The van der Waals surface area contributed by atoms with Crippen molar-refractivity contribution in [1.29, 1.82) is 0 Å². The van der Waals surface area contributed by atoms with Crippen molar-refractivity contribution in [3.63, 3.8) is 0 Å². The number of rotatable bonds is 12. The molecule has 43 heavy (non-hydrogen) atoms. The van der Waals surface area contributed by atoms with Gasteiger partial charge in [-0.3, -0.25) is 13.9 Å². The molecule has 0 aliphatic rings. The molecule has 0 aliphatic heterocycles. The largest absolute Gasteiger partial charge is 0.495 e. The Kier molecular flexibility index (Phi) is 10.4. The van der Waals surface area contributed by atoms with E-state index < -0.39 is 40.2 Å². The molecule has 0 spiro atoms. The van der Waals surface area contributed by atoms with Crippen LogP contribution in [-0.2, 0) is 32.6 Å². The fourth-order valence-electron chi connectivity index (χ4n) is 4.60. The Hall–Kier alpha value is -4.41. The first-order valence-corrected chi connectivity index (χ1v) is 15.2. The first-order valence-electron chi connectivity index (χ1n) is 13.3. The molecule has 0 unspecified atom stereocenters. The van der Waals surface area contributed by atoms with Gasteiger partial charge in [-0.2, -0.15) is 0 Å². The number of methoxy groups -OCH3 is 1. The van der Waals surface area contributed by atoms with Crippen LogP contribution in [0.15, 0.2) is 108 Å². The van der Waals surface area contributed by atoms with Gasteiger partial charge in [0.2, 0.25) is 11.8 Å². The molecule has 0 radical (unpaired) electrons. The van der Waals surface area contributed by atoms with Gasteiger partial charge in [-0.1, -0.05) is 72.3 Å². The van der Waals surface area contributed by atoms with Crippen molar-refractivity contribution < 1.29 is 27.1 Å². The van der Waals surface area contributed by atoms with Crippen LogP contribution < -0.4 is 14.4 Å². The van der Waals surface area contributed by atoms with Crippen LogP contribution in [0.2, 0.25) is 5.02 Å². The van der Waals surface area contributed by atoms with Crippen LogP contribution in [0.25, 0.3) is 0 Å². The van der Waals surface area contributed by atoms with E-state index in [2.05, 4.69) is 5.32 Å². The number of hydrogen-bond acceptors (Lipinski definition) is 5.